The Hall–Kier alpha value is -1.94. The molecule has 0 saturated heterocycles. The fourth-order valence-corrected chi connectivity index (χ4v) is 1.66. The molecule has 0 fully saturated rings. The van der Waals surface area contributed by atoms with Crippen LogP contribution in [0.3, 0.4) is 0 Å². The number of aromatic nitrogens is 1. The van der Waals surface area contributed by atoms with Gasteiger partial charge >= 0.3 is 5.97 Å². The van der Waals surface area contributed by atoms with Crippen LogP contribution in [0.1, 0.15) is 12.5 Å². The van der Waals surface area contributed by atoms with Gasteiger partial charge in [0.2, 0.25) is 0 Å². The van der Waals surface area contributed by atoms with Gasteiger partial charge in [0.05, 0.1) is 5.52 Å². The molecule has 1 aromatic carbocycles. The number of aliphatic carboxylic acids is 1. The molecular weight excluding hydrogens is 216 g/mol. The minimum Gasteiger partial charge on any atom is -0.480 e. The third kappa shape index (κ3) is 2.60. The summed E-state index contributed by atoms with van der Waals surface area (Å²) in [5.74, 6) is -0.849. The van der Waals surface area contributed by atoms with E-state index < -0.39 is 12.0 Å². The highest BCUT2D eigenvalue weighted by molar-refractivity contribution is 5.81. The zero-order valence-corrected chi connectivity index (χ0v) is 9.55. The second-order valence-corrected chi connectivity index (χ2v) is 3.93. The van der Waals surface area contributed by atoms with Gasteiger partial charge in [-0.3, -0.25) is 9.78 Å². The van der Waals surface area contributed by atoms with Gasteiger partial charge in [-0.25, -0.2) is 0 Å². The number of nitrogens with one attached hydrogen (secondary N) is 1. The van der Waals surface area contributed by atoms with Crippen LogP contribution in [0.2, 0.25) is 0 Å². The Kier molecular flexibility index (Phi) is 3.35. The van der Waals surface area contributed by atoms with Gasteiger partial charge in [-0.2, -0.15) is 0 Å². The number of rotatable bonds is 4. The topological polar surface area (TPSA) is 62.2 Å². The summed E-state index contributed by atoms with van der Waals surface area (Å²) in [6.45, 7) is 2.13. The Bertz CT molecular complexity index is 534. The normalized spacial score (nSPS) is 12.5. The third-order valence-corrected chi connectivity index (χ3v) is 2.69. The van der Waals surface area contributed by atoms with Crippen molar-refractivity contribution in [3.63, 3.8) is 0 Å². The van der Waals surface area contributed by atoms with Crippen LogP contribution in [0.25, 0.3) is 10.9 Å². The minimum absolute atomic E-state index is 0.502. The van der Waals surface area contributed by atoms with Crippen molar-refractivity contribution in [2.24, 2.45) is 0 Å². The lowest BCUT2D eigenvalue weighted by Crippen LogP contribution is -2.33. The third-order valence-electron chi connectivity index (χ3n) is 2.69. The van der Waals surface area contributed by atoms with Crippen LogP contribution in [-0.2, 0) is 11.3 Å². The summed E-state index contributed by atoms with van der Waals surface area (Å²) >= 11 is 0. The molecule has 0 aliphatic rings. The van der Waals surface area contributed by atoms with Crippen molar-refractivity contribution < 1.29 is 9.90 Å². The quantitative estimate of drug-likeness (QED) is 0.840. The molecule has 4 heteroatoms. The number of benzene rings is 1. The molecule has 0 spiro atoms. The van der Waals surface area contributed by atoms with Gasteiger partial charge in [-0.05, 0) is 18.6 Å². The van der Waals surface area contributed by atoms with Crippen LogP contribution in [0.15, 0.2) is 36.5 Å². The fourth-order valence-electron chi connectivity index (χ4n) is 1.66. The second-order valence-electron chi connectivity index (χ2n) is 3.93. The molecule has 88 valence electrons. The standard InChI is InChI=1S/C13H14N2O2/c1-9(13(16)17)15-8-11-5-2-4-10-6-3-7-14-12(10)11/h2-7,9,15H,8H2,1H3,(H,16,17)/t9-/m1/s1. The van der Waals surface area contributed by atoms with Gasteiger partial charge in [0.1, 0.15) is 6.04 Å². The van der Waals surface area contributed by atoms with E-state index in [-0.39, 0.29) is 0 Å². The lowest BCUT2D eigenvalue weighted by molar-refractivity contribution is -0.139. The zero-order chi connectivity index (χ0) is 12.3. The fraction of sp³-hybridized carbons (Fsp3) is 0.231. The van der Waals surface area contributed by atoms with Crippen LogP contribution in [-0.4, -0.2) is 22.1 Å². The highest BCUT2D eigenvalue weighted by atomic mass is 16.4. The molecule has 0 amide bonds. The highest BCUT2D eigenvalue weighted by Gasteiger charge is 2.10. The highest BCUT2D eigenvalue weighted by Crippen LogP contribution is 2.15. The number of carbonyl (C=O) groups is 1. The van der Waals surface area contributed by atoms with E-state index in [4.69, 9.17) is 5.11 Å². The Morgan fingerprint density at radius 3 is 2.94 bits per heavy atom. The number of hydrogen-bond acceptors (Lipinski definition) is 3. The van der Waals surface area contributed by atoms with Crippen molar-refractivity contribution in [1.29, 1.82) is 0 Å². The van der Waals surface area contributed by atoms with Crippen molar-refractivity contribution in [3.8, 4) is 0 Å². The van der Waals surface area contributed by atoms with Crippen molar-refractivity contribution in [1.82, 2.24) is 10.3 Å². The van der Waals surface area contributed by atoms with Gasteiger partial charge < -0.3 is 10.4 Å². The predicted molar refractivity (Wildman–Crippen MR) is 65.7 cm³/mol. The summed E-state index contributed by atoms with van der Waals surface area (Å²) in [7, 11) is 0. The Morgan fingerprint density at radius 1 is 1.41 bits per heavy atom. The molecule has 2 rings (SSSR count). The van der Waals surface area contributed by atoms with Crippen molar-refractivity contribution in [2.45, 2.75) is 19.5 Å². The molecule has 0 aliphatic carbocycles. The summed E-state index contributed by atoms with van der Waals surface area (Å²) < 4.78 is 0. The summed E-state index contributed by atoms with van der Waals surface area (Å²) in [5.41, 5.74) is 1.93. The number of carboxylic acid groups (broad SMARTS) is 1. The maximum atomic E-state index is 10.7. The van der Waals surface area contributed by atoms with E-state index >= 15 is 0 Å². The first kappa shape index (κ1) is 11.5. The van der Waals surface area contributed by atoms with Crippen molar-refractivity contribution in [2.75, 3.05) is 0 Å². The number of pyridine rings is 1. The Morgan fingerprint density at radius 2 is 2.18 bits per heavy atom. The van der Waals surface area contributed by atoms with Gasteiger partial charge in [-0.15, -0.1) is 0 Å². The minimum atomic E-state index is -0.849. The molecule has 17 heavy (non-hydrogen) atoms. The smallest absolute Gasteiger partial charge is 0.320 e. The van der Waals surface area contributed by atoms with Crippen molar-refractivity contribution >= 4 is 16.9 Å². The number of fused-ring (bicyclic) bond motifs is 1. The summed E-state index contributed by atoms with van der Waals surface area (Å²) in [6.07, 6.45) is 1.74. The molecule has 1 aromatic heterocycles. The first-order valence-electron chi connectivity index (χ1n) is 5.47. The van der Waals surface area contributed by atoms with E-state index in [1.54, 1.807) is 13.1 Å². The molecule has 4 nitrogen and oxygen atoms in total. The maximum absolute atomic E-state index is 10.7. The zero-order valence-electron chi connectivity index (χ0n) is 9.55. The largest absolute Gasteiger partial charge is 0.480 e. The first-order chi connectivity index (χ1) is 8.18. The number of nitrogens with zero attached hydrogens (tertiary/aromatic N) is 1. The van der Waals surface area contributed by atoms with Crippen molar-refractivity contribution in [3.05, 3.63) is 42.1 Å². The summed E-state index contributed by atoms with van der Waals surface area (Å²) in [5, 5.41) is 12.8. The molecule has 2 aromatic rings. The van der Waals surface area contributed by atoms with Crippen LogP contribution < -0.4 is 5.32 Å². The molecule has 1 heterocycles. The molecule has 0 aliphatic heterocycles. The lowest BCUT2D eigenvalue weighted by Gasteiger charge is -2.10. The Labute approximate surface area is 99.3 Å². The molecule has 1 atom stereocenters. The monoisotopic (exact) mass is 230 g/mol. The van der Waals surface area contributed by atoms with Gasteiger partial charge in [-0.1, -0.05) is 24.3 Å². The van der Waals surface area contributed by atoms with E-state index in [2.05, 4.69) is 10.3 Å². The van der Waals surface area contributed by atoms with Crippen LogP contribution in [0, 0.1) is 0 Å². The number of para-hydroxylation sites is 1. The molecule has 0 unspecified atom stereocenters. The Balaban J connectivity index is 2.21. The summed E-state index contributed by atoms with van der Waals surface area (Å²) in [6, 6.07) is 9.22. The maximum Gasteiger partial charge on any atom is 0.320 e. The first-order valence-corrected chi connectivity index (χ1v) is 5.47. The predicted octanol–water partition coefficient (Wildman–Crippen LogP) is 1.80. The number of hydrogen-bond donors (Lipinski definition) is 2. The van der Waals surface area contributed by atoms with Crippen LogP contribution in [0.5, 0.6) is 0 Å². The van der Waals surface area contributed by atoms with Gasteiger partial charge in [0, 0.05) is 18.1 Å². The average Bonchev–Trinajstić information content (AvgIpc) is 2.35. The van der Waals surface area contributed by atoms with Gasteiger partial charge in [0.25, 0.3) is 0 Å². The molecule has 2 N–H and O–H groups in total. The van der Waals surface area contributed by atoms with E-state index in [1.165, 1.54) is 0 Å². The molecule has 0 saturated carbocycles. The average molecular weight is 230 g/mol. The lowest BCUT2D eigenvalue weighted by atomic mass is 10.1. The molecular formula is C13H14N2O2. The van der Waals surface area contributed by atoms with E-state index in [1.807, 2.05) is 30.3 Å². The molecule has 0 bridgehead atoms. The number of carboxylic acids is 1. The SMILES string of the molecule is C[C@@H](NCc1cccc2cccnc12)C(=O)O. The van der Waals surface area contributed by atoms with E-state index in [0.717, 1.165) is 16.5 Å². The van der Waals surface area contributed by atoms with E-state index in [0.29, 0.717) is 6.54 Å². The molecule has 0 radical (unpaired) electrons. The second kappa shape index (κ2) is 4.93. The van der Waals surface area contributed by atoms with Crippen LogP contribution in [0.4, 0.5) is 0 Å². The van der Waals surface area contributed by atoms with Gasteiger partial charge in [0.15, 0.2) is 0 Å². The summed E-state index contributed by atoms with van der Waals surface area (Å²) in [4.78, 5) is 15.0. The van der Waals surface area contributed by atoms with Crippen LogP contribution >= 0.6 is 0 Å². The van der Waals surface area contributed by atoms with E-state index in [9.17, 15) is 4.79 Å².